The second-order valence-corrected chi connectivity index (χ2v) is 6.07. The normalized spacial score (nSPS) is 12.9. The molecule has 13 heteroatoms. The molecule has 2 rings (SSSR count). The van der Waals surface area contributed by atoms with Crippen LogP contribution in [0.25, 0.3) is 0 Å². The van der Waals surface area contributed by atoms with Gasteiger partial charge in [-0.3, -0.25) is 9.48 Å². The Balaban J connectivity index is 2.22. The van der Waals surface area contributed by atoms with Crippen molar-refractivity contribution in [3.05, 3.63) is 46.3 Å². The molecule has 0 saturated carbocycles. The number of benzene rings is 1. The van der Waals surface area contributed by atoms with E-state index in [2.05, 4.69) is 21.0 Å². The fourth-order valence-corrected chi connectivity index (χ4v) is 2.29. The van der Waals surface area contributed by atoms with E-state index in [1.165, 1.54) is 23.5 Å². The lowest BCUT2D eigenvalue weighted by molar-refractivity contribution is -0.343. The summed E-state index contributed by atoms with van der Waals surface area (Å²) in [6.45, 7) is -0.226. The lowest BCUT2D eigenvalue weighted by Crippen LogP contribution is -2.57. The lowest BCUT2D eigenvalue weighted by Gasteiger charge is -2.26. The van der Waals surface area contributed by atoms with Crippen molar-refractivity contribution in [3.8, 4) is 0 Å². The summed E-state index contributed by atoms with van der Waals surface area (Å²) in [4.78, 5) is 11.3. The summed E-state index contributed by atoms with van der Waals surface area (Å²) < 4.78 is 103. The number of nitrogens with zero attached hydrogens (tertiary/aromatic N) is 2. The highest BCUT2D eigenvalue weighted by molar-refractivity contribution is 9.10. The van der Waals surface area contributed by atoms with Crippen molar-refractivity contribution in [2.45, 2.75) is 24.6 Å². The van der Waals surface area contributed by atoms with Gasteiger partial charge in [0.15, 0.2) is 5.82 Å². The van der Waals surface area contributed by atoms with Crippen LogP contribution in [0.2, 0.25) is 0 Å². The first-order valence-corrected chi connectivity index (χ1v) is 7.67. The SMILES string of the molecule is O=C(Nc1nn(Cc2ccccc2F)cc1Br)C(F)(F)C(F)(F)C(F)(F)F. The maximum absolute atomic E-state index is 13.6. The largest absolute Gasteiger partial charge is 0.460 e. The first-order valence-electron chi connectivity index (χ1n) is 6.87. The van der Waals surface area contributed by atoms with Gasteiger partial charge in [-0.1, -0.05) is 18.2 Å². The predicted octanol–water partition coefficient (Wildman–Crippen LogP) is 4.60. The van der Waals surface area contributed by atoms with E-state index in [1.807, 2.05) is 0 Å². The molecule has 148 valence electrons. The van der Waals surface area contributed by atoms with Crippen LogP contribution in [0.3, 0.4) is 0 Å². The molecular formula is C14H8BrF8N3O. The zero-order valence-electron chi connectivity index (χ0n) is 12.8. The monoisotopic (exact) mass is 465 g/mol. The molecule has 1 aromatic carbocycles. The number of carbonyl (C=O) groups excluding carboxylic acids is 1. The summed E-state index contributed by atoms with van der Waals surface area (Å²) in [6.07, 6.45) is -5.56. The van der Waals surface area contributed by atoms with E-state index in [0.29, 0.717) is 0 Å². The minimum atomic E-state index is -6.64. The summed E-state index contributed by atoms with van der Waals surface area (Å²) in [6, 6.07) is 5.42. The first-order chi connectivity index (χ1) is 12.3. The van der Waals surface area contributed by atoms with E-state index in [0.717, 1.165) is 16.9 Å². The van der Waals surface area contributed by atoms with Crippen LogP contribution in [0.15, 0.2) is 34.9 Å². The van der Waals surface area contributed by atoms with Gasteiger partial charge in [-0.05, 0) is 22.0 Å². The number of alkyl halides is 7. The average Bonchev–Trinajstić information content (AvgIpc) is 2.87. The standard InChI is InChI=1S/C14H8BrF8N3O/c15-8-6-26(5-7-3-1-2-4-9(7)16)25-10(8)24-11(27)12(17,18)13(19,20)14(21,22)23/h1-4,6H,5H2,(H,24,25,27). The van der Waals surface area contributed by atoms with Crippen molar-refractivity contribution in [1.82, 2.24) is 9.78 Å². The summed E-state index contributed by atoms with van der Waals surface area (Å²) in [5, 5.41) is 4.76. The molecule has 0 fully saturated rings. The van der Waals surface area contributed by atoms with Crippen LogP contribution in [0, 0.1) is 5.82 Å². The van der Waals surface area contributed by atoms with Crippen LogP contribution in [0.5, 0.6) is 0 Å². The van der Waals surface area contributed by atoms with Gasteiger partial charge in [0.05, 0.1) is 11.0 Å². The Labute approximate surface area is 154 Å². The number of aromatic nitrogens is 2. The van der Waals surface area contributed by atoms with Crippen molar-refractivity contribution in [1.29, 1.82) is 0 Å². The van der Waals surface area contributed by atoms with Crippen LogP contribution < -0.4 is 5.32 Å². The topological polar surface area (TPSA) is 46.9 Å². The van der Waals surface area contributed by atoms with E-state index >= 15 is 0 Å². The minimum absolute atomic E-state index is 0.124. The molecule has 0 atom stereocenters. The molecule has 0 aliphatic carbocycles. The third-order valence-electron chi connectivity index (χ3n) is 3.27. The second kappa shape index (κ2) is 7.09. The molecule has 0 aliphatic heterocycles. The van der Waals surface area contributed by atoms with Crippen LogP contribution in [0.1, 0.15) is 5.56 Å². The number of rotatable bonds is 5. The van der Waals surface area contributed by atoms with E-state index in [9.17, 15) is 39.9 Å². The van der Waals surface area contributed by atoms with E-state index in [-0.39, 0.29) is 16.6 Å². The predicted molar refractivity (Wildman–Crippen MR) is 80.0 cm³/mol. The summed E-state index contributed by atoms with van der Waals surface area (Å²) in [5.41, 5.74) is 0.124. The number of amides is 1. The fraction of sp³-hybridized carbons (Fsp3) is 0.286. The summed E-state index contributed by atoms with van der Waals surface area (Å²) in [7, 11) is 0. The van der Waals surface area contributed by atoms with E-state index in [1.54, 1.807) is 0 Å². The molecule has 4 nitrogen and oxygen atoms in total. The lowest BCUT2D eigenvalue weighted by atomic mass is 10.1. The van der Waals surface area contributed by atoms with Gasteiger partial charge in [0.1, 0.15) is 5.82 Å². The average molecular weight is 466 g/mol. The molecule has 0 radical (unpaired) electrons. The Morgan fingerprint density at radius 1 is 1.11 bits per heavy atom. The highest BCUT2D eigenvalue weighted by Gasteiger charge is 2.76. The van der Waals surface area contributed by atoms with Gasteiger partial charge in [0, 0.05) is 11.8 Å². The molecule has 0 unspecified atom stereocenters. The molecule has 0 spiro atoms. The first kappa shape index (κ1) is 21.1. The van der Waals surface area contributed by atoms with Gasteiger partial charge < -0.3 is 5.32 Å². The van der Waals surface area contributed by atoms with Crippen LogP contribution >= 0.6 is 15.9 Å². The third kappa shape index (κ3) is 4.06. The smallest absolute Gasteiger partial charge is 0.303 e. The van der Waals surface area contributed by atoms with Gasteiger partial charge in [-0.15, -0.1) is 0 Å². The van der Waals surface area contributed by atoms with Gasteiger partial charge >= 0.3 is 23.9 Å². The molecule has 0 bridgehead atoms. The number of anilines is 1. The van der Waals surface area contributed by atoms with E-state index in [4.69, 9.17) is 0 Å². The van der Waals surface area contributed by atoms with E-state index < -0.39 is 35.6 Å². The van der Waals surface area contributed by atoms with Gasteiger partial charge in [0.25, 0.3) is 0 Å². The quantitative estimate of drug-likeness (QED) is 0.655. The summed E-state index contributed by atoms with van der Waals surface area (Å²) in [5.74, 6) is -16.9. The number of hydrogen-bond donors (Lipinski definition) is 1. The highest BCUT2D eigenvalue weighted by Crippen LogP contribution is 2.47. The van der Waals surface area contributed by atoms with Crippen LogP contribution in [-0.2, 0) is 11.3 Å². The molecule has 2 aromatic rings. The van der Waals surface area contributed by atoms with Crippen molar-refractivity contribution < 1.29 is 39.9 Å². The molecule has 1 heterocycles. The Morgan fingerprint density at radius 3 is 2.26 bits per heavy atom. The number of nitrogens with one attached hydrogen (secondary N) is 1. The number of carbonyl (C=O) groups is 1. The van der Waals surface area contributed by atoms with Crippen molar-refractivity contribution in [2.75, 3.05) is 5.32 Å². The van der Waals surface area contributed by atoms with Crippen LogP contribution in [0.4, 0.5) is 40.9 Å². The Kier molecular flexibility index (Phi) is 5.55. The molecule has 0 saturated heterocycles. The Morgan fingerprint density at radius 2 is 1.70 bits per heavy atom. The van der Waals surface area contributed by atoms with Crippen molar-refractivity contribution >= 4 is 27.7 Å². The fourth-order valence-electron chi connectivity index (χ4n) is 1.87. The Hall–Kier alpha value is -2.18. The second-order valence-electron chi connectivity index (χ2n) is 5.22. The highest BCUT2D eigenvalue weighted by atomic mass is 79.9. The third-order valence-corrected chi connectivity index (χ3v) is 3.86. The molecule has 1 aromatic heterocycles. The van der Waals surface area contributed by atoms with Gasteiger partial charge in [0.2, 0.25) is 0 Å². The van der Waals surface area contributed by atoms with Gasteiger partial charge in [-0.2, -0.15) is 35.8 Å². The molecule has 27 heavy (non-hydrogen) atoms. The zero-order chi connectivity index (χ0) is 20.6. The molecular weight excluding hydrogens is 458 g/mol. The maximum atomic E-state index is 13.6. The van der Waals surface area contributed by atoms with Crippen molar-refractivity contribution in [2.24, 2.45) is 0 Å². The number of halogens is 9. The summed E-state index contributed by atoms with van der Waals surface area (Å²) >= 11 is 2.79. The molecule has 1 N–H and O–H groups in total. The molecule has 0 aliphatic rings. The Bertz CT molecular complexity index is 849. The van der Waals surface area contributed by atoms with Gasteiger partial charge in [-0.25, -0.2) is 4.39 Å². The minimum Gasteiger partial charge on any atom is -0.303 e. The van der Waals surface area contributed by atoms with Crippen LogP contribution in [-0.4, -0.2) is 33.7 Å². The van der Waals surface area contributed by atoms with Crippen molar-refractivity contribution in [3.63, 3.8) is 0 Å². The maximum Gasteiger partial charge on any atom is 0.460 e. The molecule has 1 amide bonds. The number of hydrogen-bond acceptors (Lipinski definition) is 2. The zero-order valence-corrected chi connectivity index (χ0v) is 14.4.